The number of rotatable bonds is 48. The second-order valence-corrected chi connectivity index (χ2v) is 17.8. The summed E-state index contributed by atoms with van der Waals surface area (Å²) in [7, 11) is 0. The van der Waals surface area contributed by atoms with Gasteiger partial charge in [-0.05, 0) is 77.0 Å². The summed E-state index contributed by atoms with van der Waals surface area (Å²) in [6.45, 7) is 6.60. The molecule has 1 atom stereocenters. The molecule has 6 nitrogen and oxygen atoms in total. The van der Waals surface area contributed by atoms with Gasteiger partial charge in [-0.15, -0.1) is 0 Å². The highest BCUT2D eigenvalue weighted by atomic mass is 16.6. The normalized spacial score (nSPS) is 12.2. The van der Waals surface area contributed by atoms with Gasteiger partial charge in [0.15, 0.2) is 6.10 Å². The van der Waals surface area contributed by atoms with Crippen molar-refractivity contribution in [2.24, 2.45) is 0 Å². The number of hydrogen-bond acceptors (Lipinski definition) is 6. The van der Waals surface area contributed by atoms with Crippen molar-refractivity contribution in [1.29, 1.82) is 0 Å². The minimum absolute atomic E-state index is 0.0766. The molecule has 0 rings (SSSR count). The summed E-state index contributed by atoms with van der Waals surface area (Å²) in [5, 5.41) is 0. The molecule has 0 amide bonds. The molecule has 61 heavy (non-hydrogen) atoms. The molecule has 0 fully saturated rings. The van der Waals surface area contributed by atoms with Gasteiger partial charge < -0.3 is 14.2 Å². The van der Waals surface area contributed by atoms with Crippen molar-refractivity contribution < 1.29 is 28.6 Å². The fourth-order valence-corrected chi connectivity index (χ4v) is 7.59. The molecule has 0 bridgehead atoms. The van der Waals surface area contributed by atoms with Crippen molar-refractivity contribution in [3.05, 3.63) is 36.5 Å². The van der Waals surface area contributed by atoms with Gasteiger partial charge in [0, 0.05) is 19.3 Å². The third kappa shape index (κ3) is 48.5. The number of esters is 3. The molecule has 0 saturated carbocycles. The smallest absolute Gasteiger partial charge is 0.306 e. The maximum atomic E-state index is 12.8. The van der Waals surface area contributed by atoms with Crippen molar-refractivity contribution in [3.8, 4) is 0 Å². The van der Waals surface area contributed by atoms with E-state index in [4.69, 9.17) is 14.2 Å². The van der Waals surface area contributed by atoms with Crippen LogP contribution in [0.3, 0.4) is 0 Å². The SMILES string of the molecule is CCCCC/C=C\C/C=C\CCCCCCCC(=O)OC(COC(=O)CCCCCCCCC/C=C\CCCCCCCCC)COC(=O)CCCCCCCCCCCC. The first kappa shape index (κ1) is 58.6. The topological polar surface area (TPSA) is 78.9 Å². The van der Waals surface area contributed by atoms with Gasteiger partial charge in [0.25, 0.3) is 0 Å². The lowest BCUT2D eigenvalue weighted by Gasteiger charge is -2.18. The molecule has 0 aliphatic rings. The summed E-state index contributed by atoms with van der Waals surface area (Å²) in [4.78, 5) is 37.9. The number of carbonyl (C=O) groups excluding carboxylic acids is 3. The highest BCUT2D eigenvalue weighted by Crippen LogP contribution is 2.15. The third-order valence-electron chi connectivity index (χ3n) is 11.6. The van der Waals surface area contributed by atoms with E-state index in [2.05, 4.69) is 57.2 Å². The van der Waals surface area contributed by atoms with E-state index in [0.717, 1.165) is 83.5 Å². The predicted octanol–water partition coefficient (Wildman–Crippen LogP) is 17.3. The molecule has 6 heteroatoms. The first-order valence-corrected chi connectivity index (χ1v) is 26.5. The molecule has 0 spiro atoms. The molecule has 0 saturated heterocycles. The van der Waals surface area contributed by atoms with E-state index < -0.39 is 6.10 Å². The van der Waals surface area contributed by atoms with E-state index >= 15 is 0 Å². The molecule has 356 valence electrons. The maximum absolute atomic E-state index is 12.8. The number of unbranched alkanes of at least 4 members (excludes halogenated alkanes) is 31. The van der Waals surface area contributed by atoms with E-state index in [-0.39, 0.29) is 31.1 Å². The molecular weight excluding hydrogens is 757 g/mol. The Kier molecular flexibility index (Phi) is 48.3. The lowest BCUT2D eigenvalue weighted by atomic mass is 10.1. The monoisotopic (exact) mass is 857 g/mol. The van der Waals surface area contributed by atoms with Crippen molar-refractivity contribution in [1.82, 2.24) is 0 Å². The number of allylic oxidation sites excluding steroid dienone is 6. The van der Waals surface area contributed by atoms with Crippen LogP contribution < -0.4 is 0 Å². The Hall–Kier alpha value is -2.37. The van der Waals surface area contributed by atoms with Crippen LogP contribution >= 0.6 is 0 Å². The average Bonchev–Trinajstić information content (AvgIpc) is 3.26. The van der Waals surface area contributed by atoms with Crippen molar-refractivity contribution >= 4 is 17.9 Å². The summed E-state index contributed by atoms with van der Waals surface area (Å²) in [6.07, 6.45) is 58.4. The molecule has 0 radical (unpaired) electrons. The summed E-state index contributed by atoms with van der Waals surface area (Å²) in [5.41, 5.74) is 0. The molecule has 0 aromatic heterocycles. The summed E-state index contributed by atoms with van der Waals surface area (Å²) < 4.78 is 16.8. The van der Waals surface area contributed by atoms with E-state index in [1.54, 1.807) is 0 Å². The van der Waals surface area contributed by atoms with Crippen LogP contribution in [-0.2, 0) is 28.6 Å². The largest absolute Gasteiger partial charge is 0.462 e. The molecule has 0 aromatic carbocycles. The molecule has 1 unspecified atom stereocenters. The van der Waals surface area contributed by atoms with Crippen molar-refractivity contribution in [2.45, 2.75) is 284 Å². The zero-order chi connectivity index (χ0) is 44.4. The Morgan fingerprint density at radius 2 is 0.590 bits per heavy atom. The average molecular weight is 857 g/mol. The summed E-state index contributed by atoms with van der Waals surface area (Å²) in [6, 6.07) is 0. The fraction of sp³-hybridized carbons (Fsp3) is 0.836. The Labute approximate surface area is 378 Å². The molecule has 0 N–H and O–H groups in total. The Balaban J connectivity index is 4.33. The second-order valence-electron chi connectivity index (χ2n) is 17.8. The third-order valence-corrected chi connectivity index (χ3v) is 11.6. The van der Waals surface area contributed by atoms with Gasteiger partial charge in [-0.25, -0.2) is 0 Å². The minimum Gasteiger partial charge on any atom is -0.462 e. The van der Waals surface area contributed by atoms with Crippen molar-refractivity contribution in [2.75, 3.05) is 13.2 Å². The van der Waals surface area contributed by atoms with Crippen molar-refractivity contribution in [3.63, 3.8) is 0 Å². The zero-order valence-corrected chi connectivity index (χ0v) is 40.7. The number of ether oxygens (including phenoxy) is 3. The van der Waals surface area contributed by atoms with Gasteiger partial charge in [-0.1, -0.05) is 218 Å². The Morgan fingerprint density at radius 3 is 0.951 bits per heavy atom. The van der Waals surface area contributed by atoms with Crippen LogP contribution in [0.5, 0.6) is 0 Å². The quantitative estimate of drug-likeness (QED) is 0.0262. The molecule has 0 heterocycles. The Morgan fingerprint density at radius 1 is 0.328 bits per heavy atom. The standard InChI is InChI=1S/C55H100O6/c1-4-7-10-13-16-19-22-24-26-27-28-30-31-33-36-39-42-45-48-54(57)60-51-52(50-59-53(56)47-44-41-38-35-21-18-15-12-9-6-3)61-55(58)49-46-43-40-37-34-32-29-25-23-20-17-14-11-8-5-2/h17,20,25-27,29,52H,4-16,18-19,21-24,28,30-51H2,1-3H3/b20-17-,27-26-,29-25-. The molecular formula is C55H100O6. The lowest BCUT2D eigenvalue weighted by molar-refractivity contribution is -0.167. The van der Waals surface area contributed by atoms with Crippen LogP contribution in [0.4, 0.5) is 0 Å². The van der Waals surface area contributed by atoms with E-state index in [0.29, 0.717) is 19.3 Å². The van der Waals surface area contributed by atoms with E-state index in [1.807, 2.05) is 0 Å². The van der Waals surface area contributed by atoms with Gasteiger partial charge in [-0.3, -0.25) is 14.4 Å². The maximum Gasteiger partial charge on any atom is 0.306 e. The lowest BCUT2D eigenvalue weighted by Crippen LogP contribution is -2.30. The van der Waals surface area contributed by atoms with Gasteiger partial charge >= 0.3 is 17.9 Å². The van der Waals surface area contributed by atoms with Crippen LogP contribution in [0.2, 0.25) is 0 Å². The summed E-state index contributed by atoms with van der Waals surface area (Å²) >= 11 is 0. The fourth-order valence-electron chi connectivity index (χ4n) is 7.59. The second kappa shape index (κ2) is 50.3. The first-order valence-electron chi connectivity index (χ1n) is 26.5. The van der Waals surface area contributed by atoms with Gasteiger partial charge in [-0.2, -0.15) is 0 Å². The van der Waals surface area contributed by atoms with Crippen LogP contribution in [0, 0.1) is 0 Å². The molecule has 0 aromatic rings. The Bertz CT molecular complexity index is 1030. The highest BCUT2D eigenvalue weighted by molar-refractivity contribution is 5.71. The first-order chi connectivity index (χ1) is 30.0. The van der Waals surface area contributed by atoms with E-state index in [1.165, 1.54) is 154 Å². The van der Waals surface area contributed by atoms with Crippen LogP contribution in [0.15, 0.2) is 36.5 Å². The van der Waals surface area contributed by atoms with E-state index in [9.17, 15) is 14.4 Å². The van der Waals surface area contributed by atoms with Gasteiger partial charge in [0.2, 0.25) is 0 Å². The van der Waals surface area contributed by atoms with Gasteiger partial charge in [0.1, 0.15) is 13.2 Å². The highest BCUT2D eigenvalue weighted by Gasteiger charge is 2.19. The minimum atomic E-state index is -0.777. The molecule has 0 aliphatic carbocycles. The number of carbonyl (C=O) groups is 3. The van der Waals surface area contributed by atoms with Crippen LogP contribution in [0.1, 0.15) is 278 Å². The zero-order valence-electron chi connectivity index (χ0n) is 40.7. The van der Waals surface area contributed by atoms with Crippen LogP contribution in [-0.4, -0.2) is 37.2 Å². The van der Waals surface area contributed by atoms with Crippen LogP contribution in [0.25, 0.3) is 0 Å². The number of hydrogen-bond donors (Lipinski definition) is 0. The van der Waals surface area contributed by atoms with Gasteiger partial charge in [0.05, 0.1) is 0 Å². The molecule has 0 aliphatic heterocycles. The predicted molar refractivity (Wildman–Crippen MR) is 261 cm³/mol. The summed E-state index contributed by atoms with van der Waals surface area (Å²) in [5.74, 6) is -0.886.